The van der Waals surface area contributed by atoms with Crippen molar-refractivity contribution in [3.05, 3.63) is 46.8 Å². The zero-order chi connectivity index (χ0) is 18.0. The van der Waals surface area contributed by atoms with Gasteiger partial charge in [-0.3, -0.25) is 0 Å². The van der Waals surface area contributed by atoms with E-state index < -0.39 is 0 Å². The van der Waals surface area contributed by atoms with E-state index in [1.807, 2.05) is 20.8 Å². The number of hydrogen-bond donors (Lipinski definition) is 1. The lowest BCUT2D eigenvalue weighted by molar-refractivity contribution is 0.0436. The molecule has 1 N–H and O–H groups in total. The fourth-order valence-corrected chi connectivity index (χ4v) is 2.94. The average molecular weight is 340 g/mol. The molecular weight excluding hydrogens is 320 g/mol. The van der Waals surface area contributed by atoms with Gasteiger partial charge in [-0.2, -0.15) is 5.26 Å². The summed E-state index contributed by atoms with van der Waals surface area (Å²) in [6.45, 7) is 6.66. The molecule has 2 heterocycles. The molecule has 1 aromatic carbocycles. The first-order valence-corrected chi connectivity index (χ1v) is 8.13. The Balaban J connectivity index is 1.49. The molecular formula is C18H20N4O3. The van der Waals surface area contributed by atoms with Crippen molar-refractivity contribution >= 4 is 6.03 Å². The summed E-state index contributed by atoms with van der Waals surface area (Å²) < 4.78 is 10.9. The molecule has 3 rings (SSSR count). The highest BCUT2D eigenvalue weighted by molar-refractivity contribution is 5.75. The van der Waals surface area contributed by atoms with Crippen molar-refractivity contribution in [2.75, 3.05) is 13.1 Å². The lowest BCUT2D eigenvalue weighted by Crippen LogP contribution is -2.59. The van der Waals surface area contributed by atoms with E-state index in [1.165, 1.54) is 0 Å². The standard InChI is InChI=1S/C18H20N4O3/c1-11(17-12(2)21-25-13(17)3)20-18(23)22-9-16(10-22)24-15-6-4-14(8-19)5-7-15/h4-7,11,16H,9-10H2,1-3H3,(H,20,23). The van der Waals surface area contributed by atoms with Crippen LogP contribution in [0, 0.1) is 25.2 Å². The molecule has 7 nitrogen and oxygen atoms in total. The SMILES string of the molecule is Cc1noc(C)c1C(C)NC(=O)N1CC(Oc2ccc(C#N)cc2)C1. The third kappa shape index (κ3) is 3.58. The number of hydrogen-bond acceptors (Lipinski definition) is 5. The van der Waals surface area contributed by atoms with Crippen molar-refractivity contribution in [1.82, 2.24) is 15.4 Å². The van der Waals surface area contributed by atoms with E-state index >= 15 is 0 Å². The van der Waals surface area contributed by atoms with Crippen molar-refractivity contribution in [3.8, 4) is 11.8 Å². The first-order valence-electron chi connectivity index (χ1n) is 8.13. The van der Waals surface area contributed by atoms with E-state index in [9.17, 15) is 4.79 Å². The second-order valence-electron chi connectivity index (χ2n) is 6.19. The fourth-order valence-electron chi connectivity index (χ4n) is 2.94. The van der Waals surface area contributed by atoms with Crippen molar-refractivity contribution in [3.63, 3.8) is 0 Å². The Morgan fingerprint density at radius 3 is 2.64 bits per heavy atom. The molecule has 130 valence electrons. The minimum absolute atomic E-state index is 0.0342. The lowest BCUT2D eigenvalue weighted by Gasteiger charge is -2.39. The molecule has 0 aliphatic carbocycles. The molecule has 2 aromatic rings. The maximum absolute atomic E-state index is 12.3. The number of nitrogens with one attached hydrogen (secondary N) is 1. The van der Waals surface area contributed by atoms with E-state index in [1.54, 1.807) is 29.2 Å². The molecule has 25 heavy (non-hydrogen) atoms. The molecule has 1 unspecified atom stereocenters. The zero-order valence-electron chi connectivity index (χ0n) is 14.4. The monoisotopic (exact) mass is 340 g/mol. The zero-order valence-corrected chi connectivity index (χ0v) is 14.4. The molecule has 1 fully saturated rings. The van der Waals surface area contributed by atoms with Crippen LogP contribution in [0.25, 0.3) is 0 Å². The predicted octanol–water partition coefficient (Wildman–Crippen LogP) is 2.70. The highest BCUT2D eigenvalue weighted by Gasteiger charge is 2.33. The molecule has 1 aliphatic heterocycles. The summed E-state index contributed by atoms with van der Waals surface area (Å²) >= 11 is 0. The summed E-state index contributed by atoms with van der Waals surface area (Å²) in [7, 11) is 0. The van der Waals surface area contributed by atoms with Crippen LogP contribution in [0.1, 0.15) is 35.5 Å². The van der Waals surface area contributed by atoms with Gasteiger partial charge in [-0.25, -0.2) is 4.79 Å². The smallest absolute Gasteiger partial charge is 0.318 e. The maximum Gasteiger partial charge on any atom is 0.318 e. The molecule has 1 aromatic heterocycles. The summed E-state index contributed by atoms with van der Waals surface area (Å²) in [5.41, 5.74) is 2.30. The Morgan fingerprint density at radius 1 is 1.40 bits per heavy atom. The normalized spacial score (nSPS) is 15.2. The quantitative estimate of drug-likeness (QED) is 0.924. The van der Waals surface area contributed by atoms with Gasteiger partial charge in [0.15, 0.2) is 0 Å². The maximum atomic E-state index is 12.3. The first kappa shape index (κ1) is 16.8. The first-order chi connectivity index (χ1) is 12.0. The number of nitrogens with zero attached hydrogens (tertiary/aromatic N) is 3. The van der Waals surface area contributed by atoms with Crippen LogP contribution < -0.4 is 10.1 Å². The van der Waals surface area contributed by atoms with Gasteiger partial charge < -0.3 is 19.5 Å². The van der Waals surface area contributed by atoms with E-state index in [0.29, 0.717) is 24.4 Å². The van der Waals surface area contributed by atoms with Crippen LogP contribution in [-0.2, 0) is 0 Å². The topological polar surface area (TPSA) is 91.4 Å². The van der Waals surface area contributed by atoms with Crippen LogP contribution in [0.2, 0.25) is 0 Å². The van der Waals surface area contributed by atoms with Crippen LogP contribution >= 0.6 is 0 Å². The number of ether oxygens (including phenoxy) is 1. The fraction of sp³-hybridized carbons (Fsp3) is 0.389. The van der Waals surface area contributed by atoms with E-state index in [-0.39, 0.29) is 18.2 Å². The Hall–Kier alpha value is -3.01. The number of nitriles is 1. The van der Waals surface area contributed by atoms with Crippen molar-refractivity contribution in [2.45, 2.75) is 32.9 Å². The van der Waals surface area contributed by atoms with Gasteiger partial charge in [-0.1, -0.05) is 5.16 Å². The Labute approximate surface area is 146 Å². The highest BCUT2D eigenvalue weighted by Crippen LogP contribution is 2.23. The van der Waals surface area contributed by atoms with Gasteiger partial charge in [0.2, 0.25) is 0 Å². The number of amides is 2. The predicted molar refractivity (Wildman–Crippen MR) is 90.1 cm³/mol. The van der Waals surface area contributed by atoms with E-state index in [0.717, 1.165) is 17.0 Å². The summed E-state index contributed by atoms with van der Waals surface area (Å²) in [6, 6.07) is 8.72. The van der Waals surface area contributed by atoms with E-state index in [4.69, 9.17) is 14.5 Å². The summed E-state index contributed by atoms with van der Waals surface area (Å²) in [5.74, 6) is 1.42. The van der Waals surface area contributed by atoms with Crippen molar-refractivity contribution in [1.29, 1.82) is 5.26 Å². The second kappa shape index (κ2) is 6.85. The molecule has 1 atom stereocenters. The molecule has 1 aliphatic rings. The Kier molecular flexibility index (Phi) is 4.61. The second-order valence-corrected chi connectivity index (χ2v) is 6.19. The van der Waals surface area contributed by atoms with Gasteiger partial charge >= 0.3 is 6.03 Å². The lowest BCUT2D eigenvalue weighted by atomic mass is 10.1. The Bertz CT molecular complexity index is 781. The van der Waals surface area contributed by atoms with Gasteiger partial charge in [0, 0.05) is 5.56 Å². The number of urea groups is 1. The summed E-state index contributed by atoms with van der Waals surface area (Å²) in [5, 5.41) is 15.7. The molecule has 1 saturated heterocycles. The molecule has 7 heteroatoms. The van der Waals surface area contributed by atoms with Crippen LogP contribution in [0.15, 0.2) is 28.8 Å². The third-order valence-corrected chi connectivity index (χ3v) is 4.28. The Morgan fingerprint density at radius 2 is 2.08 bits per heavy atom. The highest BCUT2D eigenvalue weighted by atomic mass is 16.5. The van der Waals surface area contributed by atoms with E-state index in [2.05, 4.69) is 16.5 Å². The van der Waals surface area contributed by atoms with Gasteiger partial charge in [0.25, 0.3) is 0 Å². The molecule has 2 amide bonds. The molecule has 0 saturated carbocycles. The largest absolute Gasteiger partial charge is 0.487 e. The molecule has 0 spiro atoms. The van der Waals surface area contributed by atoms with Crippen LogP contribution in [0.5, 0.6) is 5.75 Å². The number of aryl methyl sites for hydroxylation is 2. The molecule has 0 bridgehead atoms. The average Bonchev–Trinajstić information content (AvgIpc) is 2.89. The molecule has 0 radical (unpaired) electrons. The van der Waals surface area contributed by atoms with Gasteiger partial charge in [-0.15, -0.1) is 0 Å². The summed E-state index contributed by atoms with van der Waals surface area (Å²) in [4.78, 5) is 14.0. The van der Waals surface area contributed by atoms with Crippen LogP contribution in [0.3, 0.4) is 0 Å². The minimum Gasteiger partial charge on any atom is -0.487 e. The van der Waals surface area contributed by atoms with Crippen molar-refractivity contribution < 1.29 is 14.1 Å². The van der Waals surface area contributed by atoms with Crippen LogP contribution in [0.4, 0.5) is 4.79 Å². The number of carbonyl (C=O) groups excluding carboxylic acids is 1. The van der Waals surface area contributed by atoms with Gasteiger partial charge in [-0.05, 0) is 45.0 Å². The van der Waals surface area contributed by atoms with Gasteiger partial charge in [0.1, 0.15) is 17.6 Å². The third-order valence-electron chi connectivity index (χ3n) is 4.28. The number of aromatic nitrogens is 1. The van der Waals surface area contributed by atoms with Gasteiger partial charge in [0.05, 0.1) is 36.5 Å². The number of likely N-dealkylation sites (tertiary alicyclic amines) is 1. The van der Waals surface area contributed by atoms with Crippen molar-refractivity contribution in [2.24, 2.45) is 0 Å². The number of rotatable bonds is 4. The van der Waals surface area contributed by atoms with Crippen LogP contribution in [-0.4, -0.2) is 35.3 Å². The number of benzene rings is 1. The minimum atomic E-state index is -0.169. The number of carbonyl (C=O) groups is 1. The summed E-state index contributed by atoms with van der Waals surface area (Å²) in [6.07, 6.45) is -0.0342.